The van der Waals surface area contributed by atoms with Crippen LogP contribution in [0.2, 0.25) is 0 Å². The molecule has 5 heteroatoms. The zero-order valence-corrected chi connectivity index (χ0v) is 21.4. The molecular weight excluding hydrogens is 424 g/mol. The number of unbranched alkanes of at least 4 members (excludes halogenated alkanes) is 14. The van der Waals surface area contributed by atoms with Crippen molar-refractivity contribution < 1.29 is 9.47 Å². The Bertz CT molecular complexity index is 788. The van der Waals surface area contributed by atoms with Gasteiger partial charge in [0.15, 0.2) is 12.0 Å². The van der Waals surface area contributed by atoms with Gasteiger partial charge in [0.05, 0.1) is 6.61 Å². The van der Waals surface area contributed by atoms with E-state index >= 15 is 0 Å². The second-order valence-electron chi connectivity index (χ2n) is 9.56. The Hall–Kier alpha value is -2.06. The zero-order chi connectivity index (χ0) is 24.3. The van der Waals surface area contributed by atoms with Crippen LogP contribution in [0.15, 0.2) is 23.1 Å². The first kappa shape index (κ1) is 28.2. The van der Waals surface area contributed by atoms with E-state index in [0.29, 0.717) is 6.61 Å². The van der Waals surface area contributed by atoms with Crippen molar-refractivity contribution in [3.8, 4) is 11.8 Å². The fourth-order valence-electron chi connectivity index (χ4n) is 4.46. The molecule has 1 fully saturated rings. The molecule has 190 valence electrons. The Balaban J connectivity index is 1.58. The third-order valence-electron chi connectivity index (χ3n) is 6.57. The molecule has 5 nitrogen and oxygen atoms in total. The number of aromatic nitrogens is 1. The second kappa shape index (κ2) is 18.3. The number of hydrogen-bond acceptors (Lipinski definition) is 4. The van der Waals surface area contributed by atoms with Crippen LogP contribution in [0.25, 0.3) is 6.20 Å². The smallest absolute Gasteiger partial charge is 0.224 e. The SMILES string of the molecule is CCCCCCCCCCCCCCCCC=Cn1ccc(=O)c(OC2CCCCO2)c1C#N. The van der Waals surface area contributed by atoms with Gasteiger partial charge in [0, 0.05) is 24.9 Å². The standard InChI is InChI=1S/C29H46N2O3/c1-2-3-4-5-6-7-8-9-10-11-12-13-14-15-16-18-22-31-23-21-27(32)29(26(31)25-30)34-28-20-17-19-24-33-28/h18,21-23,28H,2-17,19-20,24H2,1H3. The number of allylic oxidation sites excluding steroid dienone is 1. The first-order valence-corrected chi connectivity index (χ1v) is 13.9. The van der Waals surface area contributed by atoms with Crippen LogP contribution < -0.4 is 10.2 Å². The summed E-state index contributed by atoms with van der Waals surface area (Å²) >= 11 is 0. The summed E-state index contributed by atoms with van der Waals surface area (Å²) in [5.41, 5.74) is -0.0405. The monoisotopic (exact) mass is 470 g/mol. The molecule has 1 atom stereocenters. The third kappa shape index (κ3) is 11.4. The van der Waals surface area contributed by atoms with E-state index in [0.717, 1.165) is 32.1 Å². The van der Waals surface area contributed by atoms with Crippen LogP contribution in [0.1, 0.15) is 128 Å². The Morgan fingerprint density at radius 2 is 1.62 bits per heavy atom. The zero-order valence-electron chi connectivity index (χ0n) is 21.4. The molecule has 0 saturated carbocycles. The van der Waals surface area contributed by atoms with Crippen LogP contribution in [0.4, 0.5) is 0 Å². The van der Waals surface area contributed by atoms with E-state index in [1.54, 1.807) is 10.8 Å². The van der Waals surface area contributed by atoms with Crippen LogP contribution in [0.3, 0.4) is 0 Å². The number of rotatable bonds is 18. The maximum atomic E-state index is 12.3. The van der Waals surface area contributed by atoms with Crippen LogP contribution in [-0.2, 0) is 4.74 Å². The van der Waals surface area contributed by atoms with Gasteiger partial charge in [0.1, 0.15) is 6.07 Å². The highest BCUT2D eigenvalue weighted by atomic mass is 16.7. The minimum absolute atomic E-state index is 0.0954. The van der Waals surface area contributed by atoms with Gasteiger partial charge in [0.25, 0.3) is 0 Å². The normalized spacial score (nSPS) is 16.1. The van der Waals surface area contributed by atoms with Crippen molar-refractivity contribution in [1.29, 1.82) is 5.26 Å². The molecule has 34 heavy (non-hydrogen) atoms. The topological polar surface area (TPSA) is 64.2 Å². The van der Waals surface area contributed by atoms with E-state index in [9.17, 15) is 10.1 Å². The van der Waals surface area contributed by atoms with Crippen molar-refractivity contribution in [2.24, 2.45) is 0 Å². The average Bonchev–Trinajstić information content (AvgIpc) is 2.86. The molecule has 1 aromatic heterocycles. The Labute approximate surface area is 207 Å². The largest absolute Gasteiger partial charge is 0.458 e. The van der Waals surface area contributed by atoms with E-state index in [1.807, 2.05) is 6.20 Å². The van der Waals surface area contributed by atoms with Gasteiger partial charge >= 0.3 is 0 Å². The van der Waals surface area contributed by atoms with E-state index in [1.165, 1.54) is 89.5 Å². The predicted molar refractivity (Wildman–Crippen MR) is 140 cm³/mol. The summed E-state index contributed by atoms with van der Waals surface area (Å²) in [6, 6.07) is 3.58. The van der Waals surface area contributed by atoms with Crippen LogP contribution in [-0.4, -0.2) is 17.5 Å². The first-order chi connectivity index (χ1) is 16.8. The fraction of sp³-hybridized carbons (Fsp3) is 0.724. The molecule has 1 aliphatic heterocycles. The Morgan fingerprint density at radius 1 is 1.00 bits per heavy atom. The summed E-state index contributed by atoms with van der Waals surface area (Å²) in [6.45, 7) is 2.91. The van der Waals surface area contributed by atoms with Gasteiger partial charge in [-0.1, -0.05) is 96.5 Å². The molecule has 1 saturated heterocycles. The summed E-state index contributed by atoms with van der Waals surface area (Å²) < 4.78 is 13.0. The molecule has 0 aliphatic carbocycles. The van der Waals surface area contributed by atoms with E-state index in [4.69, 9.17) is 9.47 Å². The van der Waals surface area contributed by atoms with Gasteiger partial charge in [-0.05, 0) is 25.7 Å². The van der Waals surface area contributed by atoms with E-state index in [2.05, 4.69) is 19.1 Å². The van der Waals surface area contributed by atoms with E-state index < -0.39 is 6.29 Å². The molecule has 0 bridgehead atoms. The van der Waals surface area contributed by atoms with Crippen molar-refractivity contribution in [2.45, 2.75) is 129 Å². The summed E-state index contributed by atoms with van der Waals surface area (Å²) in [4.78, 5) is 12.3. The lowest BCUT2D eigenvalue weighted by Crippen LogP contribution is -2.28. The van der Waals surface area contributed by atoms with Crippen molar-refractivity contribution in [3.63, 3.8) is 0 Å². The average molecular weight is 471 g/mol. The maximum Gasteiger partial charge on any atom is 0.224 e. The van der Waals surface area contributed by atoms with Crippen molar-refractivity contribution in [2.75, 3.05) is 6.61 Å². The minimum Gasteiger partial charge on any atom is -0.458 e. The molecule has 0 amide bonds. The van der Waals surface area contributed by atoms with Gasteiger partial charge < -0.3 is 14.0 Å². The van der Waals surface area contributed by atoms with E-state index in [-0.39, 0.29) is 16.9 Å². The van der Waals surface area contributed by atoms with Crippen molar-refractivity contribution in [3.05, 3.63) is 34.3 Å². The molecular formula is C29H46N2O3. The first-order valence-electron chi connectivity index (χ1n) is 13.9. The summed E-state index contributed by atoms with van der Waals surface area (Å²) in [7, 11) is 0. The quantitative estimate of drug-likeness (QED) is 0.204. The lowest BCUT2D eigenvalue weighted by Gasteiger charge is -2.23. The van der Waals surface area contributed by atoms with Gasteiger partial charge in [0.2, 0.25) is 11.2 Å². The summed E-state index contributed by atoms with van der Waals surface area (Å²) in [5, 5.41) is 9.62. The molecule has 0 spiro atoms. The Kier molecular flexibility index (Phi) is 15.2. The number of hydrogen-bond donors (Lipinski definition) is 0. The van der Waals surface area contributed by atoms with Gasteiger partial charge in [-0.2, -0.15) is 5.26 Å². The predicted octanol–water partition coefficient (Wildman–Crippen LogP) is 7.97. The fourth-order valence-corrected chi connectivity index (χ4v) is 4.46. The van der Waals surface area contributed by atoms with Crippen molar-refractivity contribution in [1.82, 2.24) is 4.57 Å². The lowest BCUT2D eigenvalue weighted by molar-refractivity contribution is -0.106. The summed E-state index contributed by atoms with van der Waals surface area (Å²) in [5.74, 6) is 0.0954. The lowest BCUT2D eigenvalue weighted by atomic mass is 10.0. The third-order valence-corrected chi connectivity index (χ3v) is 6.57. The highest BCUT2D eigenvalue weighted by Crippen LogP contribution is 2.20. The van der Waals surface area contributed by atoms with Crippen LogP contribution >= 0.6 is 0 Å². The maximum absolute atomic E-state index is 12.3. The van der Waals surface area contributed by atoms with Gasteiger partial charge in [-0.3, -0.25) is 4.79 Å². The van der Waals surface area contributed by atoms with Crippen LogP contribution in [0, 0.1) is 11.3 Å². The molecule has 0 radical (unpaired) electrons. The molecule has 0 N–H and O–H groups in total. The number of pyridine rings is 1. The summed E-state index contributed by atoms with van der Waals surface area (Å²) in [6.07, 6.45) is 27.9. The molecule has 1 aromatic rings. The van der Waals surface area contributed by atoms with Crippen molar-refractivity contribution >= 4 is 6.20 Å². The molecule has 0 aromatic carbocycles. The van der Waals surface area contributed by atoms with Gasteiger partial charge in [-0.25, -0.2) is 0 Å². The molecule has 2 heterocycles. The molecule has 1 unspecified atom stereocenters. The number of nitriles is 1. The molecule has 1 aliphatic rings. The minimum atomic E-state index is -0.441. The number of nitrogens with zero attached hydrogens (tertiary/aromatic N) is 2. The number of ether oxygens (including phenoxy) is 2. The highest BCUT2D eigenvalue weighted by Gasteiger charge is 2.20. The molecule has 2 rings (SSSR count). The highest BCUT2D eigenvalue weighted by molar-refractivity contribution is 5.43. The second-order valence-corrected chi connectivity index (χ2v) is 9.56. The van der Waals surface area contributed by atoms with Crippen LogP contribution in [0.5, 0.6) is 5.75 Å². The van der Waals surface area contributed by atoms with Gasteiger partial charge in [-0.15, -0.1) is 0 Å². The Morgan fingerprint density at radius 3 is 2.18 bits per heavy atom.